The number of amides is 2. The number of carbonyl (C=O) groups excluding carboxylic acids is 3. The van der Waals surface area contributed by atoms with Gasteiger partial charge in [0.05, 0.1) is 16.4 Å². The van der Waals surface area contributed by atoms with E-state index >= 15 is 0 Å². The lowest BCUT2D eigenvalue weighted by Gasteiger charge is -2.12. The Bertz CT molecular complexity index is 1310. The number of aromatic nitrogens is 1. The molecule has 0 bridgehead atoms. The number of aryl methyl sites for hydroxylation is 2. The van der Waals surface area contributed by atoms with Crippen LogP contribution in [0.4, 0.5) is 5.13 Å². The van der Waals surface area contributed by atoms with Crippen LogP contribution in [0.5, 0.6) is 0 Å². The third-order valence-corrected chi connectivity index (χ3v) is 7.96. The highest BCUT2D eigenvalue weighted by Gasteiger charge is 2.15. The molecule has 1 heterocycles. The SMILES string of the molecule is C=CC(C=O)NCCCNC(=O)c1cc(Sc2cnc(NC(=O)c3cccc(CN(C)C)c3)s2)c(C)cc1C. The van der Waals surface area contributed by atoms with Crippen LogP contribution in [0.2, 0.25) is 0 Å². The molecule has 206 valence electrons. The molecule has 1 unspecified atom stereocenters. The predicted molar refractivity (Wildman–Crippen MR) is 159 cm³/mol. The van der Waals surface area contributed by atoms with Gasteiger partial charge in [-0.15, -0.1) is 6.58 Å². The number of hydrogen-bond donors (Lipinski definition) is 3. The number of aldehydes is 1. The van der Waals surface area contributed by atoms with Crippen LogP contribution in [0, 0.1) is 13.8 Å². The summed E-state index contributed by atoms with van der Waals surface area (Å²) in [5, 5.41) is 9.41. The van der Waals surface area contributed by atoms with Crippen molar-refractivity contribution in [1.29, 1.82) is 0 Å². The van der Waals surface area contributed by atoms with Crippen LogP contribution in [-0.4, -0.2) is 61.2 Å². The minimum absolute atomic E-state index is 0.140. The van der Waals surface area contributed by atoms with Crippen LogP contribution in [0.15, 0.2) is 64.4 Å². The van der Waals surface area contributed by atoms with E-state index in [4.69, 9.17) is 0 Å². The number of carbonyl (C=O) groups is 3. The van der Waals surface area contributed by atoms with Crippen molar-refractivity contribution < 1.29 is 14.4 Å². The quantitative estimate of drug-likeness (QED) is 0.148. The Hall–Kier alpha value is -3.31. The van der Waals surface area contributed by atoms with E-state index in [1.807, 2.05) is 58.3 Å². The average molecular weight is 566 g/mol. The first-order chi connectivity index (χ1) is 18.7. The summed E-state index contributed by atoms with van der Waals surface area (Å²) >= 11 is 2.90. The first kappa shape index (κ1) is 30.2. The van der Waals surface area contributed by atoms with E-state index in [0.29, 0.717) is 35.8 Å². The van der Waals surface area contributed by atoms with Gasteiger partial charge in [0.25, 0.3) is 11.8 Å². The van der Waals surface area contributed by atoms with E-state index in [1.54, 1.807) is 18.3 Å². The lowest BCUT2D eigenvalue weighted by molar-refractivity contribution is -0.108. The highest BCUT2D eigenvalue weighted by Crippen LogP contribution is 2.37. The van der Waals surface area contributed by atoms with Crippen molar-refractivity contribution in [2.24, 2.45) is 0 Å². The molecule has 0 spiro atoms. The standard InChI is InChI=1S/C29H35N5O3S2/c1-6-23(18-35)30-11-8-12-31-28(37)24-15-25(20(3)13-19(24)2)38-26-16-32-29(39-26)33-27(36)22-10-7-9-21(14-22)17-34(4)5/h6-7,9-10,13-16,18,23,30H,1,8,11-12,17H2,2-5H3,(H,31,37)(H,32,33,36). The van der Waals surface area contributed by atoms with E-state index in [1.165, 1.54) is 23.1 Å². The van der Waals surface area contributed by atoms with Gasteiger partial charge in [-0.05, 0) is 75.8 Å². The highest BCUT2D eigenvalue weighted by atomic mass is 32.2. The minimum Gasteiger partial charge on any atom is -0.352 e. The molecule has 0 saturated heterocycles. The fraction of sp³-hybridized carbons (Fsp3) is 0.310. The maximum atomic E-state index is 12.9. The van der Waals surface area contributed by atoms with Gasteiger partial charge in [0, 0.05) is 29.1 Å². The Kier molecular flexibility index (Phi) is 11.4. The summed E-state index contributed by atoms with van der Waals surface area (Å²) in [4.78, 5) is 43.9. The zero-order valence-electron chi connectivity index (χ0n) is 22.7. The monoisotopic (exact) mass is 565 g/mol. The second-order valence-electron chi connectivity index (χ2n) is 9.37. The summed E-state index contributed by atoms with van der Waals surface area (Å²) in [7, 11) is 3.98. The largest absolute Gasteiger partial charge is 0.352 e. The summed E-state index contributed by atoms with van der Waals surface area (Å²) in [5.41, 5.74) is 4.22. The lowest BCUT2D eigenvalue weighted by atomic mass is 10.1. The summed E-state index contributed by atoms with van der Waals surface area (Å²) in [6, 6.07) is 11.1. The molecule has 0 radical (unpaired) electrons. The van der Waals surface area contributed by atoms with Crippen LogP contribution in [-0.2, 0) is 11.3 Å². The molecular weight excluding hydrogens is 530 g/mol. The van der Waals surface area contributed by atoms with Crippen molar-refractivity contribution in [3.05, 3.63) is 83.1 Å². The molecule has 0 aliphatic heterocycles. The van der Waals surface area contributed by atoms with E-state index in [-0.39, 0.29) is 17.9 Å². The summed E-state index contributed by atoms with van der Waals surface area (Å²) in [6.07, 6.45) is 4.76. The van der Waals surface area contributed by atoms with Crippen molar-refractivity contribution in [3.63, 3.8) is 0 Å². The molecule has 1 atom stereocenters. The Morgan fingerprint density at radius 2 is 1.92 bits per heavy atom. The molecular formula is C29H35N5O3S2. The molecule has 39 heavy (non-hydrogen) atoms. The van der Waals surface area contributed by atoms with Gasteiger partial charge in [0.1, 0.15) is 6.29 Å². The summed E-state index contributed by atoms with van der Waals surface area (Å²) in [6.45, 7) is 9.37. The highest BCUT2D eigenvalue weighted by molar-refractivity contribution is 8.01. The van der Waals surface area contributed by atoms with Crippen LogP contribution in [0.3, 0.4) is 0 Å². The smallest absolute Gasteiger partial charge is 0.257 e. The Morgan fingerprint density at radius 3 is 2.64 bits per heavy atom. The fourth-order valence-electron chi connectivity index (χ4n) is 3.85. The molecule has 3 rings (SSSR count). The third kappa shape index (κ3) is 9.14. The van der Waals surface area contributed by atoms with Gasteiger partial charge >= 0.3 is 0 Å². The molecule has 0 fully saturated rings. The van der Waals surface area contributed by atoms with Crippen molar-refractivity contribution in [1.82, 2.24) is 20.5 Å². The number of anilines is 1. The Labute approximate surface area is 238 Å². The molecule has 0 saturated carbocycles. The van der Waals surface area contributed by atoms with E-state index in [0.717, 1.165) is 38.6 Å². The molecule has 0 aliphatic carbocycles. The number of nitrogens with zero attached hydrogens (tertiary/aromatic N) is 2. The number of hydrogen-bond acceptors (Lipinski definition) is 8. The lowest BCUT2D eigenvalue weighted by Crippen LogP contribution is -2.32. The van der Waals surface area contributed by atoms with Gasteiger partial charge in [-0.25, -0.2) is 4.98 Å². The topological polar surface area (TPSA) is 103 Å². The second kappa shape index (κ2) is 14.7. The first-order valence-electron chi connectivity index (χ1n) is 12.6. The van der Waals surface area contributed by atoms with Gasteiger partial charge in [-0.1, -0.05) is 47.4 Å². The molecule has 2 aromatic carbocycles. The molecule has 1 aromatic heterocycles. The third-order valence-electron chi connectivity index (χ3n) is 5.79. The van der Waals surface area contributed by atoms with Crippen molar-refractivity contribution >= 4 is 46.3 Å². The zero-order valence-corrected chi connectivity index (χ0v) is 24.4. The first-order valence-corrected chi connectivity index (χ1v) is 14.2. The molecule has 3 N–H and O–H groups in total. The normalized spacial score (nSPS) is 11.7. The number of thiazole rings is 1. The molecule has 3 aromatic rings. The van der Waals surface area contributed by atoms with Gasteiger partial charge in [-0.3, -0.25) is 14.9 Å². The number of rotatable bonds is 14. The van der Waals surface area contributed by atoms with Gasteiger partial charge in [0.2, 0.25) is 0 Å². The van der Waals surface area contributed by atoms with Crippen LogP contribution >= 0.6 is 23.1 Å². The molecule has 0 aliphatic rings. The van der Waals surface area contributed by atoms with E-state index < -0.39 is 0 Å². The fourth-order valence-corrected chi connectivity index (χ4v) is 5.78. The van der Waals surface area contributed by atoms with Crippen molar-refractivity contribution in [3.8, 4) is 0 Å². The summed E-state index contributed by atoms with van der Waals surface area (Å²) < 4.78 is 0.906. The van der Waals surface area contributed by atoms with Gasteiger partial charge < -0.3 is 20.3 Å². The predicted octanol–water partition coefficient (Wildman–Crippen LogP) is 4.69. The summed E-state index contributed by atoms with van der Waals surface area (Å²) in [5.74, 6) is -0.341. The van der Waals surface area contributed by atoms with Crippen LogP contribution in [0.25, 0.3) is 0 Å². The Balaban J connectivity index is 1.60. The van der Waals surface area contributed by atoms with Crippen molar-refractivity contribution in [2.45, 2.75) is 42.0 Å². The zero-order chi connectivity index (χ0) is 28.4. The average Bonchev–Trinajstić information content (AvgIpc) is 3.34. The van der Waals surface area contributed by atoms with Crippen LogP contribution < -0.4 is 16.0 Å². The van der Waals surface area contributed by atoms with E-state index in [2.05, 4.69) is 32.4 Å². The van der Waals surface area contributed by atoms with E-state index in [9.17, 15) is 14.4 Å². The molecule has 8 nitrogen and oxygen atoms in total. The number of nitrogens with one attached hydrogen (secondary N) is 3. The number of benzene rings is 2. The Morgan fingerprint density at radius 1 is 1.13 bits per heavy atom. The van der Waals surface area contributed by atoms with Crippen LogP contribution in [0.1, 0.15) is 43.8 Å². The maximum Gasteiger partial charge on any atom is 0.257 e. The van der Waals surface area contributed by atoms with Gasteiger partial charge in [-0.2, -0.15) is 0 Å². The maximum absolute atomic E-state index is 12.9. The minimum atomic E-state index is -0.375. The molecule has 2 amide bonds. The van der Waals surface area contributed by atoms with Crippen molar-refractivity contribution in [2.75, 3.05) is 32.5 Å². The molecule has 10 heteroatoms. The second-order valence-corrected chi connectivity index (χ2v) is 11.7. The van der Waals surface area contributed by atoms with Gasteiger partial charge in [0.15, 0.2) is 5.13 Å².